The monoisotopic (exact) mass is 297 g/mol. The number of thiophene rings is 1. The van der Waals surface area contributed by atoms with Crippen molar-refractivity contribution in [1.29, 1.82) is 0 Å². The Bertz CT molecular complexity index is 566. The van der Waals surface area contributed by atoms with E-state index in [-0.39, 0.29) is 12.0 Å². The van der Waals surface area contributed by atoms with Crippen LogP contribution < -0.4 is 0 Å². The number of halogens is 1. The smallest absolute Gasteiger partial charge is 0.264 e. The Morgan fingerprint density at radius 3 is 3.00 bits per heavy atom. The molecule has 0 radical (unpaired) electrons. The maximum Gasteiger partial charge on any atom is 0.264 e. The van der Waals surface area contributed by atoms with Crippen LogP contribution in [0.15, 0.2) is 34.9 Å². The molecule has 1 saturated heterocycles. The first-order valence-electron chi connectivity index (χ1n) is 5.93. The second kappa shape index (κ2) is 5.36. The minimum absolute atomic E-state index is 0.00300. The van der Waals surface area contributed by atoms with Gasteiger partial charge in [0.25, 0.3) is 5.91 Å². The molecule has 0 aliphatic carbocycles. The summed E-state index contributed by atoms with van der Waals surface area (Å²) in [5, 5.41) is 0. The summed E-state index contributed by atoms with van der Waals surface area (Å²) in [6.07, 6.45) is 1.42. The summed E-state index contributed by atoms with van der Waals surface area (Å²) in [6.45, 7) is 1.60. The van der Waals surface area contributed by atoms with E-state index in [0.717, 1.165) is 5.76 Å². The molecule has 4 nitrogen and oxygen atoms in total. The van der Waals surface area contributed by atoms with Crippen molar-refractivity contribution in [1.82, 2.24) is 4.90 Å². The van der Waals surface area contributed by atoms with E-state index in [1.54, 1.807) is 23.3 Å². The molecular weight excluding hydrogens is 286 g/mol. The first-order valence-corrected chi connectivity index (χ1v) is 7.13. The molecule has 0 aromatic carbocycles. The lowest BCUT2D eigenvalue weighted by molar-refractivity contribution is -0.0319. The van der Waals surface area contributed by atoms with E-state index in [4.69, 9.17) is 20.8 Å². The van der Waals surface area contributed by atoms with E-state index in [1.807, 2.05) is 12.1 Å². The van der Waals surface area contributed by atoms with Crippen molar-refractivity contribution in [3.63, 3.8) is 0 Å². The van der Waals surface area contributed by atoms with Crippen LogP contribution in [0.25, 0.3) is 0 Å². The zero-order valence-electron chi connectivity index (χ0n) is 10.0. The third kappa shape index (κ3) is 2.68. The normalized spacial score (nSPS) is 19.6. The number of hydrogen-bond donors (Lipinski definition) is 0. The fourth-order valence-corrected chi connectivity index (χ4v) is 3.08. The van der Waals surface area contributed by atoms with Crippen molar-refractivity contribution in [2.75, 3.05) is 19.7 Å². The van der Waals surface area contributed by atoms with Crippen molar-refractivity contribution in [3.8, 4) is 0 Å². The second-order valence-corrected chi connectivity index (χ2v) is 5.94. The first kappa shape index (κ1) is 12.7. The molecule has 6 heteroatoms. The summed E-state index contributed by atoms with van der Waals surface area (Å²) in [4.78, 5) is 14.8. The quantitative estimate of drug-likeness (QED) is 0.855. The molecule has 1 aliphatic heterocycles. The van der Waals surface area contributed by atoms with Crippen LogP contribution in [0.2, 0.25) is 4.34 Å². The minimum atomic E-state index is -0.192. The molecule has 0 saturated carbocycles. The number of ether oxygens (including phenoxy) is 1. The van der Waals surface area contributed by atoms with Gasteiger partial charge in [0.2, 0.25) is 0 Å². The Morgan fingerprint density at radius 1 is 1.42 bits per heavy atom. The van der Waals surface area contributed by atoms with Crippen LogP contribution in [0.3, 0.4) is 0 Å². The van der Waals surface area contributed by atoms with Crippen LogP contribution in [0, 0.1) is 0 Å². The number of carbonyl (C=O) groups excluding carboxylic acids is 1. The standard InChI is InChI=1S/C13H12ClNO3S/c14-12-4-3-11(19-12)13(16)15-5-7-18-10(8-15)9-2-1-6-17-9/h1-4,6,10H,5,7-8H2/t10-/m1/s1. The Balaban J connectivity index is 1.73. The van der Waals surface area contributed by atoms with E-state index in [1.165, 1.54) is 11.3 Å². The van der Waals surface area contributed by atoms with Gasteiger partial charge < -0.3 is 14.1 Å². The summed E-state index contributed by atoms with van der Waals surface area (Å²) in [6, 6.07) is 7.18. The molecule has 0 N–H and O–H groups in total. The maximum absolute atomic E-state index is 12.3. The van der Waals surface area contributed by atoms with Crippen LogP contribution in [-0.2, 0) is 4.74 Å². The SMILES string of the molecule is O=C(c1ccc(Cl)s1)N1CCO[C@@H](c2ccco2)C1. The predicted octanol–water partition coefficient (Wildman–Crippen LogP) is 3.21. The van der Waals surface area contributed by atoms with Crippen LogP contribution in [0.1, 0.15) is 21.5 Å². The summed E-state index contributed by atoms with van der Waals surface area (Å²) >= 11 is 7.16. The van der Waals surface area contributed by atoms with Gasteiger partial charge in [0.15, 0.2) is 0 Å². The Morgan fingerprint density at radius 2 is 2.32 bits per heavy atom. The number of furan rings is 1. The highest BCUT2D eigenvalue weighted by molar-refractivity contribution is 7.17. The number of amides is 1. The van der Waals surface area contributed by atoms with Crippen molar-refractivity contribution < 1.29 is 13.9 Å². The zero-order valence-corrected chi connectivity index (χ0v) is 11.6. The maximum atomic E-state index is 12.3. The Hall–Kier alpha value is -1.30. The van der Waals surface area contributed by atoms with Crippen molar-refractivity contribution in [3.05, 3.63) is 45.5 Å². The minimum Gasteiger partial charge on any atom is -0.467 e. The van der Waals surface area contributed by atoms with E-state index in [2.05, 4.69) is 0 Å². The van der Waals surface area contributed by atoms with E-state index >= 15 is 0 Å². The molecule has 0 spiro atoms. The Labute approximate surface area is 119 Å². The van der Waals surface area contributed by atoms with Gasteiger partial charge in [0, 0.05) is 6.54 Å². The van der Waals surface area contributed by atoms with Crippen LogP contribution in [0.5, 0.6) is 0 Å². The van der Waals surface area contributed by atoms with Gasteiger partial charge >= 0.3 is 0 Å². The third-order valence-corrected chi connectivity index (χ3v) is 4.22. The third-order valence-electron chi connectivity index (χ3n) is 3.00. The molecule has 1 amide bonds. The van der Waals surface area contributed by atoms with Crippen LogP contribution in [0.4, 0.5) is 0 Å². The highest BCUT2D eigenvalue weighted by Crippen LogP contribution is 2.26. The molecule has 3 rings (SSSR count). The van der Waals surface area contributed by atoms with Gasteiger partial charge in [-0.05, 0) is 24.3 Å². The molecule has 2 aromatic rings. The number of rotatable bonds is 2. The molecule has 3 heterocycles. The van der Waals surface area contributed by atoms with E-state index < -0.39 is 0 Å². The van der Waals surface area contributed by atoms with Gasteiger partial charge in [0.05, 0.1) is 28.6 Å². The summed E-state index contributed by atoms with van der Waals surface area (Å²) in [5.41, 5.74) is 0. The molecule has 0 unspecified atom stereocenters. The molecule has 1 aliphatic rings. The average Bonchev–Trinajstić information content (AvgIpc) is 3.09. The number of carbonyl (C=O) groups is 1. The molecular formula is C13H12ClNO3S. The lowest BCUT2D eigenvalue weighted by atomic mass is 10.2. The largest absolute Gasteiger partial charge is 0.467 e. The number of hydrogen-bond acceptors (Lipinski definition) is 4. The molecule has 1 atom stereocenters. The fraction of sp³-hybridized carbons (Fsp3) is 0.308. The van der Waals surface area contributed by atoms with Gasteiger partial charge in [0.1, 0.15) is 11.9 Å². The van der Waals surface area contributed by atoms with Gasteiger partial charge in [-0.25, -0.2) is 0 Å². The highest BCUT2D eigenvalue weighted by Gasteiger charge is 2.28. The highest BCUT2D eigenvalue weighted by atomic mass is 35.5. The van der Waals surface area contributed by atoms with Gasteiger partial charge in [-0.1, -0.05) is 11.6 Å². The van der Waals surface area contributed by atoms with Gasteiger partial charge in [-0.2, -0.15) is 0 Å². The lowest BCUT2D eigenvalue weighted by Gasteiger charge is -2.31. The summed E-state index contributed by atoms with van der Waals surface area (Å²) in [7, 11) is 0. The number of morpholine rings is 1. The lowest BCUT2D eigenvalue weighted by Crippen LogP contribution is -2.41. The molecule has 1 fully saturated rings. The first-order chi connectivity index (χ1) is 9.24. The number of nitrogens with zero attached hydrogens (tertiary/aromatic N) is 1. The molecule has 19 heavy (non-hydrogen) atoms. The Kier molecular flexibility index (Phi) is 3.59. The van der Waals surface area contributed by atoms with Crippen molar-refractivity contribution in [2.24, 2.45) is 0 Å². The second-order valence-electron chi connectivity index (χ2n) is 4.23. The molecule has 2 aromatic heterocycles. The topological polar surface area (TPSA) is 42.7 Å². The van der Waals surface area contributed by atoms with Crippen LogP contribution in [-0.4, -0.2) is 30.5 Å². The van der Waals surface area contributed by atoms with Gasteiger partial charge in [-0.3, -0.25) is 4.79 Å². The average molecular weight is 298 g/mol. The van der Waals surface area contributed by atoms with Crippen LogP contribution >= 0.6 is 22.9 Å². The van der Waals surface area contributed by atoms with E-state index in [9.17, 15) is 4.79 Å². The molecule has 0 bridgehead atoms. The van der Waals surface area contributed by atoms with E-state index in [0.29, 0.717) is 28.9 Å². The summed E-state index contributed by atoms with van der Waals surface area (Å²) in [5.74, 6) is 0.749. The molecule has 100 valence electrons. The van der Waals surface area contributed by atoms with Crippen molar-refractivity contribution >= 4 is 28.8 Å². The van der Waals surface area contributed by atoms with Crippen molar-refractivity contribution in [2.45, 2.75) is 6.10 Å². The summed E-state index contributed by atoms with van der Waals surface area (Å²) < 4.78 is 11.6. The predicted molar refractivity (Wildman–Crippen MR) is 72.6 cm³/mol. The van der Waals surface area contributed by atoms with Gasteiger partial charge in [-0.15, -0.1) is 11.3 Å². The zero-order chi connectivity index (χ0) is 13.2. The fourth-order valence-electron chi connectivity index (χ4n) is 2.07.